The van der Waals surface area contributed by atoms with Gasteiger partial charge in [-0.15, -0.1) is 0 Å². The maximum atomic E-state index is 11.8. The normalized spacial score (nSPS) is 17.9. The summed E-state index contributed by atoms with van der Waals surface area (Å²) in [5, 5.41) is 7.04. The molecule has 0 radical (unpaired) electrons. The zero-order valence-electron chi connectivity index (χ0n) is 18.8. The van der Waals surface area contributed by atoms with E-state index in [1.54, 1.807) is 12.3 Å². The summed E-state index contributed by atoms with van der Waals surface area (Å²) in [4.78, 5) is 20.9. The van der Waals surface area contributed by atoms with E-state index >= 15 is 0 Å². The lowest BCUT2D eigenvalue weighted by molar-refractivity contribution is -0.117. The molecule has 1 aliphatic rings. The second-order valence-electron chi connectivity index (χ2n) is 7.73. The zero-order chi connectivity index (χ0) is 24.2. The molecule has 2 aromatic heterocycles. The molecule has 3 aromatic rings. The third-order valence-electron chi connectivity index (χ3n) is 5.70. The second-order valence-corrected chi connectivity index (χ2v) is 8.48. The van der Waals surface area contributed by atoms with Gasteiger partial charge in [-0.25, -0.2) is 9.97 Å². The lowest BCUT2D eigenvalue weighted by Gasteiger charge is -2.32. The van der Waals surface area contributed by atoms with Gasteiger partial charge in [0.05, 0.1) is 66.7 Å². The van der Waals surface area contributed by atoms with Crippen molar-refractivity contribution in [2.45, 2.75) is 25.0 Å². The number of carbonyl (C=O) groups is 1. The van der Waals surface area contributed by atoms with Crippen molar-refractivity contribution in [1.82, 2.24) is 19.9 Å². The second kappa shape index (κ2) is 10.5. The van der Waals surface area contributed by atoms with Crippen molar-refractivity contribution >= 4 is 46.1 Å². The van der Waals surface area contributed by atoms with Crippen LogP contribution < -0.4 is 20.1 Å². The van der Waals surface area contributed by atoms with Crippen LogP contribution in [0.15, 0.2) is 37.2 Å². The number of rotatable bonds is 8. The summed E-state index contributed by atoms with van der Waals surface area (Å²) < 4.78 is 18.2. The molecule has 1 aromatic carbocycles. The molecule has 2 atom stereocenters. The van der Waals surface area contributed by atoms with Gasteiger partial charge in [0.25, 0.3) is 0 Å². The Kier molecular flexibility index (Phi) is 7.45. The van der Waals surface area contributed by atoms with E-state index in [1.807, 2.05) is 16.8 Å². The molecule has 1 fully saturated rings. The molecule has 180 valence electrons. The number of amides is 1. The molecule has 0 spiro atoms. The number of hydrogen-bond acceptors (Lipinski definition) is 7. The summed E-state index contributed by atoms with van der Waals surface area (Å²) in [7, 11) is 3.08. The summed E-state index contributed by atoms with van der Waals surface area (Å²) in [5.74, 6) is 1.17. The number of nitrogens with zero attached hydrogens (tertiary/aromatic N) is 3. The highest BCUT2D eigenvalue weighted by atomic mass is 35.5. The van der Waals surface area contributed by atoms with E-state index < -0.39 is 0 Å². The molecule has 4 rings (SSSR count). The minimum Gasteiger partial charge on any atom is -0.495 e. The van der Waals surface area contributed by atoms with Gasteiger partial charge >= 0.3 is 0 Å². The van der Waals surface area contributed by atoms with Crippen molar-refractivity contribution in [3.8, 4) is 11.5 Å². The first-order valence-corrected chi connectivity index (χ1v) is 11.4. The molecule has 1 amide bonds. The number of hydrogen-bond donors (Lipinski definition) is 2. The molecular weight excluding hydrogens is 481 g/mol. The largest absolute Gasteiger partial charge is 0.495 e. The van der Waals surface area contributed by atoms with Gasteiger partial charge in [-0.1, -0.05) is 29.8 Å². The summed E-state index contributed by atoms with van der Waals surface area (Å²) >= 11 is 13.1. The summed E-state index contributed by atoms with van der Waals surface area (Å²) in [5.41, 5.74) is 2.21. The van der Waals surface area contributed by atoms with E-state index in [2.05, 4.69) is 27.2 Å². The van der Waals surface area contributed by atoms with Crippen LogP contribution in [0.2, 0.25) is 10.0 Å². The molecule has 0 bridgehead atoms. The van der Waals surface area contributed by atoms with Gasteiger partial charge in [-0.05, 0) is 18.6 Å². The number of benzene rings is 1. The van der Waals surface area contributed by atoms with E-state index in [-0.39, 0.29) is 18.0 Å². The molecule has 0 saturated carbocycles. The van der Waals surface area contributed by atoms with Crippen LogP contribution in [0.4, 0.5) is 5.95 Å². The molecule has 11 heteroatoms. The van der Waals surface area contributed by atoms with Crippen LogP contribution in [-0.4, -0.2) is 60.0 Å². The van der Waals surface area contributed by atoms with Crippen molar-refractivity contribution in [2.75, 3.05) is 32.8 Å². The predicted octanol–water partition coefficient (Wildman–Crippen LogP) is 3.68. The number of ether oxygens (including phenoxy) is 3. The number of nitrogens with one attached hydrogen (secondary N) is 2. The highest BCUT2D eigenvalue weighted by molar-refractivity contribution is 6.37. The fourth-order valence-corrected chi connectivity index (χ4v) is 4.51. The quantitative estimate of drug-likeness (QED) is 0.450. The van der Waals surface area contributed by atoms with Gasteiger partial charge in [0, 0.05) is 24.4 Å². The van der Waals surface area contributed by atoms with Gasteiger partial charge in [-0.3, -0.25) is 4.79 Å². The Morgan fingerprint density at radius 3 is 2.71 bits per heavy atom. The topological polar surface area (TPSA) is 99.5 Å². The lowest BCUT2D eigenvalue weighted by Crippen LogP contribution is -2.52. The van der Waals surface area contributed by atoms with Crippen LogP contribution in [0.25, 0.3) is 11.0 Å². The van der Waals surface area contributed by atoms with Crippen LogP contribution in [0, 0.1) is 0 Å². The number of halogens is 2. The molecule has 34 heavy (non-hydrogen) atoms. The predicted molar refractivity (Wildman–Crippen MR) is 131 cm³/mol. The Labute approximate surface area is 207 Å². The van der Waals surface area contributed by atoms with Crippen LogP contribution in [-0.2, 0) is 16.1 Å². The minimum atomic E-state index is -0.223. The molecule has 3 heterocycles. The molecule has 1 saturated heterocycles. The van der Waals surface area contributed by atoms with Crippen molar-refractivity contribution < 1.29 is 19.0 Å². The maximum absolute atomic E-state index is 11.8. The Morgan fingerprint density at radius 1 is 1.29 bits per heavy atom. The number of methoxy groups -OCH3 is 2. The maximum Gasteiger partial charge on any atom is 0.243 e. The van der Waals surface area contributed by atoms with E-state index in [4.69, 9.17) is 37.4 Å². The zero-order valence-corrected chi connectivity index (χ0v) is 20.3. The highest BCUT2D eigenvalue weighted by Crippen LogP contribution is 2.41. The van der Waals surface area contributed by atoms with E-state index in [0.717, 1.165) is 11.0 Å². The molecule has 2 unspecified atom stereocenters. The van der Waals surface area contributed by atoms with Gasteiger partial charge in [-0.2, -0.15) is 0 Å². The molecular formula is C23H25Cl2N5O4. The molecule has 9 nitrogen and oxygen atoms in total. The van der Waals surface area contributed by atoms with E-state index in [1.165, 1.54) is 20.3 Å². The lowest BCUT2D eigenvalue weighted by atomic mass is 10.0. The number of fused-ring (bicyclic) bond motifs is 1. The minimum absolute atomic E-state index is 0.115. The van der Waals surface area contributed by atoms with Crippen molar-refractivity contribution in [1.29, 1.82) is 0 Å². The van der Waals surface area contributed by atoms with Gasteiger partial charge in [0.2, 0.25) is 11.9 Å². The third kappa shape index (κ3) is 4.91. The molecule has 2 N–H and O–H groups in total. The number of carbonyl (C=O) groups excluding carboxylic acids is 1. The third-order valence-corrected chi connectivity index (χ3v) is 6.53. The van der Waals surface area contributed by atoms with Crippen LogP contribution >= 0.6 is 23.2 Å². The van der Waals surface area contributed by atoms with Gasteiger partial charge in [0.15, 0.2) is 0 Å². The molecule has 1 aliphatic heterocycles. The summed E-state index contributed by atoms with van der Waals surface area (Å²) in [6, 6.07) is 3.26. The Hall–Kier alpha value is -3.01. The van der Waals surface area contributed by atoms with Crippen molar-refractivity contribution in [2.24, 2.45) is 0 Å². The van der Waals surface area contributed by atoms with E-state index in [9.17, 15) is 4.79 Å². The Balaban J connectivity index is 1.57. The SMILES string of the molecule is C=CC(=O)NC1CCOCC1Nc1ncc2c(ccn2Cc2c(Cl)c(OC)cc(OC)c2Cl)n1. The van der Waals surface area contributed by atoms with Crippen LogP contribution in [0.1, 0.15) is 12.0 Å². The fraction of sp³-hybridized carbons (Fsp3) is 0.348. The van der Waals surface area contributed by atoms with Crippen molar-refractivity contribution in [3.63, 3.8) is 0 Å². The van der Waals surface area contributed by atoms with Gasteiger partial charge < -0.3 is 29.4 Å². The average Bonchev–Trinajstić information content (AvgIpc) is 3.25. The first-order valence-electron chi connectivity index (χ1n) is 10.6. The molecule has 0 aliphatic carbocycles. The average molecular weight is 506 g/mol. The smallest absolute Gasteiger partial charge is 0.243 e. The Bertz CT molecular complexity index is 1190. The standard InChI is InChI=1S/C23H25Cl2N5O4/c1-4-20(31)27-14-6-8-34-12-16(14)29-23-26-10-17-15(28-23)5-7-30(17)11-13-21(24)18(32-2)9-19(33-3)22(13)25/h4-5,7,9-10,14,16H,1,6,8,11-12H2,2-3H3,(H,27,31)(H,26,28,29). The first-order chi connectivity index (χ1) is 16.4. The number of aromatic nitrogens is 3. The van der Waals surface area contributed by atoms with Crippen LogP contribution in [0.3, 0.4) is 0 Å². The highest BCUT2D eigenvalue weighted by Gasteiger charge is 2.27. The summed E-state index contributed by atoms with van der Waals surface area (Å²) in [6.45, 7) is 4.88. The summed E-state index contributed by atoms with van der Waals surface area (Å²) in [6.07, 6.45) is 5.55. The fourth-order valence-electron chi connectivity index (χ4n) is 3.89. The number of anilines is 1. The van der Waals surface area contributed by atoms with Crippen LogP contribution in [0.5, 0.6) is 11.5 Å². The Morgan fingerprint density at radius 2 is 2.03 bits per heavy atom. The van der Waals surface area contributed by atoms with Gasteiger partial charge in [0.1, 0.15) is 11.5 Å². The van der Waals surface area contributed by atoms with E-state index in [0.29, 0.717) is 59.2 Å². The first kappa shape index (κ1) is 24.1. The van der Waals surface area contributed by atoms with Crippen molar-refractivity contribution in [3.05, 3.63) is 52.8 Å². The monoisotopic (exact) mass is 505 g/mol.